The van der Waals surface area contributed by atoms with Gasteiger partial charge in [-0.3, -0.25) is 9.59 Å². The van der Waals surface area contributed by atoms with Crippen molar-refractivity contribution in [3.8, 4) is 5.88 Å². The van der Waals surface area contributed by atoms with E-state index in [0.29, 0.717) is 25.9 Å². The number of hydrogen-bond acceptors (Lipinski definition) is 6. The van der Waals surface area contributed by atoms with Gasteiger partial charge in [0.25, 0.3) is 17.4 Å². The number of carbonyl (C=O) groups is 3. The van der Waals surface area contributed by atoms with Crippen LogP contribution in [0.3, 0.4) is 0 Å². The van der Waals surface area contributed by atoms with Gasteiger partial charge in [-0.2, -0.15) is 13.2 Å². The minimum atomic E-state index is -5.16. The highest BCUT2D eigenvalue weighted by Gasteiger charge is 2.62. The zero-order chi connectivity index (χ0) is 31.2. The lowest BCUT2D eigenvalue weighted by Gasteiger charge is -2.38. The number of ether oxygens (including phenoxy) is 1. The van der Waals surface area contributed by atoms with Crippen molar-refractivity contribution in [1.29, 1.82) is 0 Å². The second-order valence-electron chi connectivity index (χ2n) is 10.7. The van der Waals surface area contributed by atoms with Gasteiger partial charge in [-0.15, -0.1) is 0 Å². The van der Waals surface area contributed by atoms with Crippen molar-refractivity contribution in [2.75, 3.05) is 45.9 Å². The van der Waals surface area contributed by atoms with Gasteiger partial charge in [-0.25, -0.2) is 9.78 Å². The van der Waals surface area contributed by atoms with E-state index in [9.17, 15) is 32.7 Å². The van der Waals surface area contributed by atoms with E-state index in [2.05, 4.69) is 4.98 Å². The molecule has 10 nitrogen and oxygen atoms in total. The highest BCUT2D eigenvalue weighted by atomic mass is 35.5. The maximum absolute atomic E-state index is 13.9. The third kappa shape index (κ3) is 7.50. The molecule has 1 aromatic carbocycles. The van der Waals surface area contributed by atoms with E-state index in [1.54, 1.807) is 6.07 Å². The number of alkyl halides is 3. The maximum Gasteiger partial charge on any atom is 0.430 e. The summed E-state index contributed by atoms with van der Waals surface area (Å²) in [4.78, 5) is 44.8. The summed E-state index contributed by atoms with van der Waals surface area (Å²) in [6.07, 6.45) is -2.81. The lowest BCUT2D eigenvalue weighted by atomic mass is 9.88. The van der Waals surface area contributed by atoms with Crippen molar-refractivity contribution in [2.24, 2.45) is 5.92 Å². The third-order valence-electron chi connectivity index (χ3n) is 7.96. The van der Waals surface area contributed by atoms with Crippen LogP contribution in [-0.2, 0) is 10.4 Å². The fourth-order valence-corrected chi connectivity index (χ4v) is 5.61. The highest BCUT2D eigenvalue weighted by Crippen LogP contribution is 2.41. The van der Waals surface area contributed by atoms with Crippen molar-refractivity contribution < 1.29 is 42.5 Å². The van der Waals surface area contributed by atoms with E-state index in [-0.39, 0.29) is 67.7 Å². The van der Waals surface area contributed by atoms with Gasteiger partial charge in [0.1, 0.15) is 5.15 Å². The number of aromatic nitrogens is 1. The molecular weight excluding hydrogens is 593 g/mol. The van der Waals surface area contributed by atoms with Crippen LogP contribution in [-0.4, -0.2) is 99.9 Å². The van der Waals surface area contributed by atoms with Gasteiger partial charge in [0.15, 0.2) is 0 Å². The summed E-state index contributed by atoms with van der Waals surface area (Å²) in [7, 11) is 0. The largest absolute Gasteiger partial charge is 0.478 e. The number of nitrogens with zero attached hydrogens (tertiary/aromatic N) is 4. The van der Waals surface area contributed by atoms with Crippen LogP contribution in [0.2, 0.25) is 5.15 Å². The van der Waals surface area contributed by atoms with Crippen LogP contribution in [0.15, 0.2) is 42.5 Å². The summed E-state index contributed by atoms with van der Waals surface area (Å²) < 4.78 is 47.3. The Labute approximate surface area is 252 Å². The summed E-state index contributed by atoms with van der Waals surface area (Å²) >= 11 is 6.24. The molecule has 2 fully saturated rings. The van der Waals surface area contributed by atoms with Crippen LogP contribution in [0.4, 0.5) is 18.0 Å². The molecule has 43 heavy (non-hydrogen) atoms. The van der Waals surface area contributed by atoms with Crippen LogP contribution < -0.4 is 4.74 Å². The summed E-state index contributed by atoms with van der Waals surface area (Å²) in [5, 5.41) is 19.6. The number of pyridine rings is 1. The predicted molar refractivity (Wildman–Crippen MR) is 150 cm³/mol. The molecule has 3 heterocycles. The highest BCUT2D eigenvalue weighted by molar-refractivity contribution is 6.32. The molecule has 2 aliphatic heterocycles. The van der Waals surface area contributed by atoms with E-state index in [1.807, 2.05) is 0 Å². The van der Waals surface area contributed by atoms with Crippen molar-refractivity contribution in [1.82, 2.24) is 19.7 Å². The zero-order valence-electron chi connectivity index (χ0n) is 23.4. The fraction of sp³-hybridized carbons (Fsp3) is 0.517. The molecule has 1 atom stereocenters. The number of hydrogen-bond donors (Lipinski definition) is 2. The molecular formula is C29H34ClF3N4O6. The van der Waals surface area contributed by atoms with Crippen molar-refractivity contribution in [2.45, 2.75) is 43.9 Å². The minimum Gasteiger partial charge on any atom is -0.478 e. The lowest BCUT2D eigenvalue weighted by molar-refractivity contribution is -0.262. The Hall–Kier alpha value is -3.58. The number of unbranched alkanes of at least 4 members (excludes halogenated alkanes) is 1. The van der Waals surface area contributed by atoms with Gasteiger partial charge in [0.05, 0.1) is 12.2 Å². The van der Waals surface area contributed by atoms with Crippen LogP contribution in [0.5, 0.6) is 5.88 Å². The van der Waals surface area contributed by atoms with Crippen LogP contribution in [0.1, 0.15) is 48.0 Å². The Bertz CT molecular complexity index is 1280. The molecule has 0 aliphatic carbocycles. The van der Waals surface area contributed by atoms with E-state index >= 15 is 0 Å². The number of carboxylic acid groups (broad SMARTS) is 1. The fourth-order valence-electron chi connectivity index (χ4n) is 5.38. The van der Waals surface area contributed by atoms with E-state index < -0.39 is 29.3 Å². The first-order chi connectivity index (χ1) is 20.4. The summed E-state index contributed by atoms with van der Waals surface area (Å²) in [5.74, 6) is -1.18. The average Bonchev–Trinajstić information content (AvgIpc) is 3.00. The minimum absolute atomic E-state index is 0.00541. The smallest absolute Gasteiger partial charge is 0.430 e. The van der Waals surface area contributed by atoms with Crippen LogP contribution in [0.25, 0.3) is 0 Å². The Morgan fingerprint density at radius 1 is 0.907 bits per heavy atom. The molecule has 1 aromatic heterocycles. The standard InChI is InChI=1S/C29H34ClF3N4O6/c30-24-22(25(38)35-15-17-37(18-16-35)27(40)41)9-10-23(34-24)43-19-5-4-6-20-11-13-36(14-12-20)26(39)28(42,29(31,32)33)21-7-2-1-3-8-21/h1-3,7-10,20,42H,4-6,11-19H2,(H,40,41)/t28-/m0/s1. The number of rotatable bonds is 9. The molecule has 0 saturated carbocycles. The van der Waals surface area contributed by atoms with Crippen LogP contribution >= 0.6 is 11.6 Å². The first kappa shape index (κ1) is 32.3. The third-order valence-corrected chi connectivity index (χ3v) is 8.25. The molecule has 2 saturated heterocycles. The van der Waals surface area contributed by atoms with E-state index in [1.165, 1.54) is 34.1 Å². The molecule has 0 unspecified atom stereocenters. The Balaban J connectivity index is 1.18. The van der Waals surface area contributed by atoms with Crippen molar-refractivity contribution >= 4 is 29.5 Å². The van der Waals surface area contributed by atoms with E-state index in [4.69, 9.17) is 21.4 Å². The van der Waals surface area contributed by atoms with Crippen LogP contribution in [0, 0.1) is 5.92 Å². The quantitative estimate of drug-likeness (QED) is 0.312. The number of aliphatic hydroxyl groups is 1. The molecule has 14 heteroatoms. The molecule has 3 amide bonds. The monoisotopic (exact) mass is 626 g/mol. The normalized spacial score (nSPS) is 17.8. The van der Waals surface area contributed by atoms with Gasteiger partial charge in [-0.1, -0.05) is 48.4 Å². The molecule has 4 rings (SSSR count). The molecule has 0 bridgehead atoms. The van der Waals surface area contributed by atoms with E-state index in [0.717, 1.165) is 29.9 Å². The number of piperazine rings is 1. The lowest BCUT2D eigenvalue weighted by Crippen LogP contribution is -2.57. The summed E-state index contributed by atoms with van der Waals surface area (Å²) in [6, 6.07) is 9.51. The van der Waals surface area contributed by atoms with Gasteiger partial charge in [0, 0.05) is 50.9 Å². The Kier molecular flexibility index (Phi) is 10.4. The number of carbonyl (C=O) groups excluding carboxylic acids is 2. The second-order valence-corrected chi connectivity index (χ2v) is 11.1. The Morgan fingerprint density at radius 3 is 2.12 bits per heavy atom. The van der Waals surface area contributed by atoms with Gasteiger partial charge in [0.2, 0.25) is 5.88 Å². The molecule has 2 aliphatic rings. The summed E-state index contributed by atoms with van der Waals surface area (Å²) in [6.45, 7) is 1.58. The maximum atomic E-state index is 13.9. The Morgan fingerprint density at radius 2 is 1.53 bits per heavy atom. The molecule has 0 radical (unpaired) electrons. The molecule has 0 spiro atoms. The van der Waals surface area contributed by atoms with Crippen molar-refractivity contribution in [3.05, 3.63) is 58.7 Å². The molecule has 2 aromatic rings. The topological polar surface area (TPSA) is 124 Å². The number of piperidine rings is 1. The van der Waals surface area contributed by atoms with Gasteiger partial charge in [-0.05, 0) is 37.7 Å². The second kappa shape index (κ2) is 13.8. The number of benzene rings is 1. The molecule has 2 N–H and O–H groups in total. The molecule has 234 valence electrons. The van der Waals surface area contributed by atoms with Gasteiger partial charge >= 0.3 is 12.3 Å². The predicted octanol–water partition coefficient (Wildman–Crippen LogP) is 4.41. The zero-order valence-corrected chi connectivity index (χ0v) is 24.2. The van der Waals surface area contributed by atoms with Crippen molar-refractivity contribution in [3.63, 3.8) is 0 Å². The number of halogens is 4. The first-order valence-corrected chi connectivity index (χ1v) is 14.5. The number of likely N-dealkylation sites (tertiary alicyclic amines) is 1. The number of amides is 3. The SMILES string of the molecule is O=C(O)N1CCN(C(=O)c2ccc(OCCCCC3CCN(C(=O)[C@@](O)(c4ccccc4)C(F)(F)F)CC3)nc2Cl)CC1. The average molecular weight is 627 g/mol. The van der Waals surface area contributed by atoms with Gasteiger partial charge < -0.3 is 29.6 Å². The first-order valence-electron chi connectivity index (χ1n) is 14.1. The summed E-state index contributed by atoms with van der Waals surface area (Å²) in [5.41, 5.74) is -3.87.